The number of alkyl halides is 2. The molecule has 34 heavy (non-hydrogen) atoms. The van der Waals surface area contributed by atoms with Crippen molar-refractivity contribution in [3.05, 3.63) is 54.0 Å². The van der Waals surface area contributed by atoms with E-state index in [1.807, 2.05) is 0 Å². The second kappa shape index (κ2) is 9.82. The fraction of sp³-hybridized carbons (Fsp3) is 0.458. The Labute approximate surface area is 196 Å². The van der Waals surface area contributed by atoms with Gasteiger partial charge in [0.15, 0.2) is 0 Å². The van der Waals surface area contributed by atoms with E-state index >= 15 is 0 Å². The molecule has 0 saturated heterocycles. The first-order valence-corrected chi connectivity index (χ1v) is 11.2. The summed E-state index contributed by atoms with van der Waals surface area (Å²) < 4.78 is 33.4. The molecule has 2 aliphatic carbocycles. The molecule has 1 unspecified atom stereocenters. The molecule has 2 aromatic heterocycles. The van der Waals surface area contributed by atoms with Crippen molar-refractivity contribution in [3.8, 4) is 5.88 Å². The first-order valence-electron chi connectivity index (χ1n) is 11.2. The highest BCUT2D eigenvalue weighted by Crippen LogP contribution is 2.53. The molecule has 180 valence electrons. The average molecular weight is 472 g/mol. The number of nitrogens with zero attached hydrogens (tertiary/aromatic N) is 3. The molecule has 0 bridgehead atoms. The van der Waals surface area contributed by atoms with E-state index in [0.717, 1.165) is 25.7 Å². The Hall–Kier alpha value is -3.43. The molecule has 2 aliphatic rings. The highest BCUT2D eigenvalue weighted by atomic mass is 19.3. The smallest absolute Gasteiger partial charge is 0.270 e. The molecule has 2 amide bonds. The lowest BCUT2D eigenvalue weighted by molar-refractivity contribution is -0.117. The van der Waals surface area contributed by atoms with Crippen molar-refractivity contribution in [2.75, 3.05) is 11.9 Å². The lowest BCUT2D eigenvalue weighted by Gasteiger charge is -2.33. The standard InChI is InChI=1S/C24H27F2N5O3/c1-14(2)24(22(25)26,17-6-7-17)13-34-19-8-3-15(11-28-19)12-29-21(33)18-9-10-27-23(30-18)31-20(32)16-4-5-16/h3,8-11,16-17,22H,1,4-7,12-13H2,2H3,(H,29,33)(H,27,30,31,32). The number of ether oxygens (including phenoxy) is 1. The first-order chi connectivity index (χ1) is 16.3. The van der Waals surface area contributed by atoms with Crippen LogP contribution in [0.25, 0.3) is 0 Å². The quantitative estimate of drug-likeness (QED) is 0.484. The predicted molar refractivity (Wildman–Crippen MR) is 120 cm³/mol. The minimum absolute atomic E-state index is 0.00169. The number of hydrogen-bond donors (Lipinski definition) is 2. The van der Waals surface area contributed by atoms with Crippen molar-refractivity contribution in [1.29, 1.82) is 0 Å². The summed E-state index contributed by atoms with van der Waals surface area (Å²) in [5.41, 5.74) is -0.121. The maximum atomic E-state index is 13.9. The predicted octanol–water partition coefficient (Wildman–Crippen LogP) is 3.77. The number of rotatable bonds is 11. The van der Waals surface area contributed by atoms with Gasteiger partial charge >= 0.3 is 0 Å². The SMILES string of the molecule is C=C(C)C(COc1ccc(CNC(=O)c2ccnc(NC(=O)C3CC3)n2)cn1)(C(F)F)C1CC1. The minimum Gasteiger partial charge on any atom is -0.476 e. The van der Waals surface area contributed by atoms with Crippen LogP contribution >= 0.6 is 0 Å². The summed E-state index contributed by atoms with van der Waals surface area (Å²) >= 11 is 0. The van der Waals surface area contributed by atoms with Crippen molar-refractivity contribution >= 4 is 17.8 Å². The fourth-order valence-electron chi connectivity index (χ4n) is 3.79. The number of pyridine rings is 1. The number of carbonyl (C=O) groups excluding carboxylic acids is 2. The number of carbonyl (C=O) groups is 2. The second-order valence-electron chi connectivity index (χ2n) is 8.90. The molecule has 8 nitrogen and oxygen atoms in total. The van der Waals surface area contributed by atoms with Crippen LogP contribution in [-0.4, -0.2) is 39.8 Å². The summed E-state index contributed by atoms with van der Waals surface area (Å²) in [6.07, 6.45) is 3.55. The van der Waals surface area contributed by atoms with Crippen molar-refractivity contribution in [2.45, 2.75) is 45.6 Å². The van der Waals surface area contributed by atoms with Crippen molar-refractivity contribution in [1.82, 2.24) is 20.3 Å². The molecule has 2 fully saturated rings. The largest absolute Gasteiger partial charge is 0.476 e. The minimum atomic E-state index is -2.56. The Bertz CT molecular complexity index is 1070. The summed E-state index contributed by atoms with van der Waals surface area (Å²) in [7, 11) is 0. The molecule has 4 rings (SSSR count). The van der Waals surface area contributed by atoms with Gasteiger partial charge in [0, 0.05) is 30.9 Å². The highest BCUT2D eigenvalue weighted by Gasteiger charge is 2.53. The van der Waals surface area contributed by atoms with E-state index in [2.05, 4.69) is 32.2 Å². The Morgan fingerprint density at radius 3 is 2.56 bits per heavy atom. The molecule has 0 spiro atoms. The fourth-order valence-corrected chi connectivity index (χ4v) is 3.79. The number of hydrogen-bond acceptors (Lipinski definition) is 6. The van der Waals surface area contributed by atoms with Crippen LogP contribution in [0.15, 0.2) is 42.7 Å². The lowest BCUT2D eigenvalue weighted by Crippen LogP contribution is -2.39. The summed E-state index contributed by atoms with van der Waals surface area (Å²) in [5.74, 6) is -0.373. The Morgan fingerprint density at radius 1 is 1.21 bits per heavy atom. The van der Waals surface area contributed by atoms with Crippen LogP contribution < -0.4 is 15.4 Å². The van der Waals surface area contributed by atoms with Gasteiger partial charge in [0.25, 0.3) is 12.3 Å². The highest BCUT2D eigenvalue weighted by molar-refractivity contribution is 5.94. The van der Waals surface area contributed by atoms with Crippen LogP contribution in [0.5, 0.6) is 5.88 Å². The molecular formula is C24H27F2N5O3. The van der Waals surface area contributed by atoms with Gasteiger partial charge in [-0.15, -0.1) is 0 Å². The normalized spacial score (nSPS) is 17.1. The van der Waals surface area contributed by atoms with E-state index in [1.54, 1.807) is 19.1 Å². The average Bonchev–Trinajstić information content (AvgIpc) is 3.71. The molecule has 2 aromatic rings. The van der Waals surface area contributed by atoms with Gasteiger partial charge in [0.1, 0.15) is 12.3 Å². The summed E-state index contributed by atoms with van der Waals surface area (Å²) in [6, 6.07) is 4.74. The van der Waals surface area contributed by atoms with E-state index in [4.69, 9.17) is 4.74 Å². The van der Waals surface area contributed by atoms with E-state index in [9.17, 15) is 18.4 Å². The van der Waals surface area contributed by atoms with E-state index in [1.165, 1.54) is 18.5 Å². The van der Waals surface area contributed by atoms with Crippen LogP contribution in [0.3, 0.4) is 0 Å². The molecule has 2 heterocycles. The van der Waals surface area contributed by atoms with Crippen molar-refractivity contribution < 1.29 is 23.1 Å². The summed E-state index contributed by atoms with van der Waals surface area (Å²) in [4.78, 5) is 36.5. The third kappa shape index (κ3) is 5.37. The van der Waals surface area contributed by atoms with E-state index in [-0.39, 0.29) is 48.4 Å². The number of aromatic nitrogens is 3. The van der Waals surface area contributed by atoms with Crippen LogP contribution in [0.4, 0.5) is 14.7 Å². The maximum Gasteiger partial charge on any atom is 0.270 e. The molecule has 10 heteroatoms. The van der Waals surface area contributed by atoms with E-state index < -0.39 is 17.7 Å². The number of halogens is 2. The van der Waals surface area contributed by atoms with Gasteiger partial charge < -0.3 is 10.1 Å². The third-order valence-electron chi connectivity index (χ3n) is 6.27. The summed E-state index contributed by atoms with van der Waals surface area (Å²) in [5, 5.41) is 5.33. The molecule has 2 saturated carbocycles. The maximum absolute atomic E-state index is 13.9. The number of nitrogens with one attached hydrogen (secondary N) is 2. The van der Waals surface area contributed by atoms with Gasteiger partial charge in [-0.25, -0.2) is 23.7 Å². The van der Waals surface area contributed by atoms with Gasteiger partial charge in [-0.2, -0.15) is 0 Å². The zero-order chi connectivity index (χ0) is 24.3. The Kier molecular flexibility index (Phi) is 6.85. The van der Waals surface area contributed by atoms with E-state index in [0.29, 0.717) is 11.1 Å². The molecule has 0 aliphatic heterocycles. The number of amides is 2. The van der Waals surface area contributed by atoms with Gasteiger partial charge in [0.05, 0.1) is 5.41 Å². The van der Waals surface area contributed by atoms with Gasteiger partial charge in [-0.3, -0.25) is 14.9 Å². The molecule has 1 atom stereocenters. The number of anilines is 1. The molecular weight excluding hydrogens is 444 g/mol. The van der Waals surface area contributed by atoms with Gasteiger partial charge in [0.2, 0.25) is 17.7 Å². The van der Waals surface area contributed by atoms with Crippen LogP contribution in [0.1, 0.15) is 48.7 Å². The molecule has 2 N–H and O–H groups in total. The van der Waals surface area contributed by atoms with Crippen molar-refractivity contribution in [2.24, 2.45) is 17.3 Å². The summed E-state index contributed by atoms with van der Waals surface area (Å²) in [6.45, 7) is 5.40. The topological polar surface area (TPSA) is 106 Å². The van der Waals surface area contributed by atoms with Crippen molar-refractivity contribution in [3.63, 3.8) is 0 Å². The van der Waals surface area contributed by atoms with Gasteiger partial charge in [-0.05, 0) is 50.2 Å². The molecule has 0 aromatic carbocycles. The van der Waals surface area contributed by atoms with Crippen LogP contribution in [0.2, 0.25) is 0 Å². The Morgan fingerprint density at radius 2 is 1.97 bits per heavy atom. The molecule has 0 radical (unpaired) electrons. The Balaban J connectivity index is 1.30. The van der Waals surface area contributed by atoms with Gasteiger partial charge in [-0.1, -0.05) is 18.2 Å². The third-order valence-corrected chi connectivity index (χ3v) is 6.27. The monoisotopic (exact) mass is 471 g/mol. The zero-order valence-electron chi connectivity index (χ0n) is 18.9. The second-order valence-corrected chi connectivity index (χ2v) is 8.90. The van der Waals surface area contributed by atoms with Crippen LogP contribution in [-0.2, 0) is 11.3 Å². The van der Waals surface area contributed by atoms with Crippen LogP contribution in [0, 0.1) is 17.3 Å². The lowest BCUT2D eigenvalue weighted by atomic mass is 9.78. The zero-order valence-corrected chi connectivity index (χ0v) is 18.9. The first kappa shape index (κ1) is 23.7.